The molecule has 48 heavy (non-hydrogen) atoms. The van der Waals surface area contributed by atoms with E-state index in [-0.39, 0.29) is 0 Å². The Morgan fingerprint density at radius 1 is 0.354 bits per heavy atom. The number of hydrogen-bond donors (Lipinski definition) is 0. The van der Waals surface area contributed by atoms with Crippen LogP contribution >= 0.6 is 41.2 Å². The molecule has 0 saturated carbocycles. The zero-order chi connectivity index (χ0) is 35.6. The second kappa shape index (κ2) is 35.2. The van der Waals surface area contributed by atoms with E-state index in [9.17, 15) is 0 Å². The molecule has 0 amide bonds. The van der Waals surface area contributed by atoms with Crippen LogP contribution in [0.3, 0.4) is 0 Å². The lowest BCUT2D eigenvalue weighted by Crippen LogP contribution is -2.39. The molecule has 0 saturated heterocycles. The van der Waals surface area contributed by atoms with Crippen molar-refractivity contribution in [2.24, 2.45) is 0 Å². The van der Waals surface area contributed by atoms with Crippen molar-refractivity contribution in [1.29, 1.82) is 0 Å². The van der Waals surface area contributed by atoms with E-state index in [0.29, 0.717) is 39.6 Å². The molecule has 0 aliphatic rings. The smallest absolute Gasteiger partial charge is 0.282 e. The Labute approximate surface area is 314 Å². The van der Waals surface area contributed by atoms with Gasteiger partial charge in [-0.05, 0) is 99.7 Å². The van der Waals surface area contributed by atoms with Crippen molar-refractivity contribution in [3.8, 4) is 0 Å². The number of ether oxygens (including phenoxy) is 6. The van der Waals surface area contributed by atoms with Gasteiger partial charge in [0.25, 0.3) is 11.9 Å². The summed E-state index contributed by atoms with van der Waals surface area (Å²) >= 11 is 0. The number of hydrogen-bond acceptors (Lipinski definition) is 10. The van der Waals surface area contributed by atoms with Gasteiger partial charge < -0.3 is 28.4 Å². The van der Waals surface area contributed by atoms with Crippen LogP contribution in [0.2, 0.25) is 0 Å². The molecule has 6 nitrogen and oxygen atoms in total. The first-order valence-electron chi connectivity index (χ1n) is 19.9. The minimum atomic E-state index is -0.841. The molecule has 0 aromatic heterocycles. The third kappa shape index (κ3) is 26.0. The average Bonchev–Trinajstić information content (AvgIpc) is 3.07. The first-order chi connectivity index (χ1) is 23.4. The summed E-state index contributed by atoms with van der Waals surface area (Å²) < 4.78 is 35.1. The molecular formula is C38H78O6S4. The van der Waals surface area contributed by atoms with Gasteiger partial charge in [0.2, 0.25) is 0 Å². The lowest BCUT2D eigenvalue weighted by Gasteiger charge is -2.32. The predicted molar refractivity (Wildman–Crippen MR) is 217 cm³/mol. The van der Waals surface area contributed by atoms with Crippen molar-refractivity contribution >= 4 is 41.2 Å². The van der Waals surface area contributed by atoms with E-state index in [1.807, 2.05) is 61.2 Å². The molecule has 10 heteroatoms. The maximum Gasteiger partial charge on any atom is 0.282 e. The van der Waals surface area contributed by atoms with Crippen LogP contribution in [-0.2, 0) is 28.4 Å². The maximum atomic E-state index is 5.85. The monoisotopic (exact) mass is 758 g/mol. The van der Waals surface area contributed by atoms with Crippen LogP contribution in [0.1, 0.15) is 184 Å². The number of rotatable bonds is 39. The molecule has 290 valence electrons. The Morgan fingerprint density at radius 3 is 0.854 bits per heavy atom. The highest BCUT2D eigenvalue weighted by molar-refractivity contribution is 9.26. The molecule has 0 aliphatic carbocycles. The largest absolute Gasteiger partial charge is 0.328 e. The van der Waals surface area contributed by atoms with Crippen LogP contribution in [0.4, 0.5) is 0 Å². The normalized spacial score (nSPS) is 13.8. The van der Waals surface area contributed by atoms with E-state index in [4.69, 9.17) is 28.4 Å². The molecule has 0 N–H and O–H groups in total. The zero-order valence-electron chi connectivity index (χ0n) is 32.6. The first kappa shape index (κ1) is 49.2. The molecule has 0 rings (SSSR count). The summed E-state index contributed by atoms with van der Waals surface area (Å²) in [5, 5.41) is 1.56. The fraction of sp³-hybridized carbons (Fsp3) is 1.00. The summed E-state index contributed by atoms with van der Waals surface area (Å²) in [6.07, 6.45) is 24.8. The van der Waals surface area contributed by atoms with Gasteiger partial charge in [0.05, 0.1) is 0 Å². The van der Waals surface area contributed by atoms with E-state index < -0.39 is 11.9 Å². The molecule has 0 radical (unpaired) electrons. The molecule has 0 bridgehead atoms. The molecule has 2 unspecified atom stereocenters. The lowest BCUT2D eigenvalue weighted by atomic mass is 10.1. The molecule has 0 aromatic rings. The molecule has 0 fully saturated rings. The summed E-state index contributed by atoms with van der Waals surface area (Å²) in [4.78, 5) is 0. The zero-order valence-corrected chi connectivity index (χ0v) is 35.9. The van der Waals surface area contributed by atoms with Crippen molar-refractivity contribution in [3.63, 3.8) is 0 Å². The lowest BCUT2D eigenvalue weighted by molar-refractivity contribution is -0.380. The fourth-order valence-electron chi connectivity index (χ4n) is 5.98. The van der Waals surface area contributed by atoms with E-state index in [1.165, 1.54) is 103 Å². The van der Waals surface area contributed by atoms with Gasteiger partial charge in [0.15, 0.2) is 0 Å². The van der Waals surface area contributed by atoms with Crippen LogP contribution in [0.25, 0.3) is 0 Å². The highest BCUT2D eigenvalue weighted by Gasteiger charge is 2.32. The summed E-state index contributed by atoms with van der Waals surface area (Å²) in [6.45, 7) is 20.4. The summed E-state index contributed by atoms with van der Waals surface area (Å²) in [5.41, 5.74) is 0. The maximum absolute atomic E-state index is 5.85. The van der Waals surface area contributed by atoms with Crippen LogP contribution in [-0.4, -0.2) is 62.1 Å². The van der Waals surface area contributed by atoms with E-state index in [1.54, 1.807) is 0 Å². The van der Waals surface area contributed by atoms with E-state index >= 15 is 0 Å². The molecule has 0 aliphatic heterocycles. The standard InChI is InChI=1S/C38H78O6S4/c1-9-35(31-27-23-19-17-21-25-29-33-37(39-11-3,40-12-4)41-13-5)45-47-48-46-36(10-2)32-28-24-20-18-22-26-30-34-38(42-14-6,43-15-7)44-16-8/h35-36H,9-34H2,1-8H3. The molecular weight excluding hydrogens is 681 g/mol. The van der Waals surface area contributed by atoms with Crippen molar-refractivity contribution in [3.05, 3.63) is 0 Å². The van der Waals surface area contributed by atoms with E-state index in [0.717, 1.165) is 36.2 Å². The van der Waals surface area contributed by atoms with Gasteiger partial charge in [-0.25, -0.2) is 0 Å². The molecule has 0 heterocycles. The van der Waals surface area contributed by atoms with Gasteiger partial charge in [-0.1, -0.05) is 112 Å². The highest BCUT2D eigenvalue weighted by atomic mass is 33.7. The quantitative estimate of drug-likeness (QED) is 0.0344. The fourth-order valence-corrected chi connectivity index (χ4v) is 13.6. The third-order valence-electron chi connectivity index (χ3n) is 8.49. The van der Waals surface area contributed by atoms with E-state index in [2.05, 4.69) is 35.4 Å². The second-order valence-electron chi connectivity index (χ2n) is 12.4. The minimum absolute atomic E-state index is 0.609. The summed E-state index contributed by atoms with van der Waals surface area (Å²) in [6, 6.07) is 0. The Bertz CT molecular complexity index is 575. The van der Waals surface area contributed by atoms with Crippen molar-refractivity contribution in [1.82, 2.24) is 0 Å². The average molecular weight is 759 g/mol. The summed E-state index contributed by atoms with van der Waals surface area (Å²) in [7, 11) is 8.27. The van der Waals surface area contributed by atoms with Crippen molar-refractivity contribution < 1.29 is 28.4 Å². The van der Waals surface area contributed by atoms with Crippen LogP contribution in [0.15, 0.2) is 0 Å². The minimum Gasteiger partial charge on any atom is -0.328 e. The highest BCUT2D eigenvalue weighted by Crippen LogP contribution is 2.49. The van der Waals surface area contributed by atoms with Crippen molar-refractivity contribution in [2.75, 3.05) is 39.6 Å². The van der Waals surface area contributed by atoms with Gasteiger partial charge in [0.1, 0.15) is 0 Å². The van der Waals surface area contributed by atoms with Gasteiger partial charge in [-0.3, -0.25) is 0 Å². The van der Waals surface area contributed by atoms with Crippen LogP contribution < -0.4 is 0 Å². The molecule has 0 aromatic carbocycles. The predicted octanol–water partition coefficient (Wildman–Crippen LogP) is 13.8. The summed E-state index contributed by atoms with van der Waals surface area (Å²) in [5.74, 6) is -1.68. The first-order valence-corrected chi connectivity index (χ1v) is 24.9. The van der Waals surface area contributed by atoms with Gasteiger partial charge in [-0.15, -0.1) is 0 Å². The molecule has 0 spiro atoms. The Morgan fingerprint density at radius 2 is 0.604 bits per heavy atom. The SMILES string of the molecule is CCOC(CCCCCCCCCC(CC)SSSSC(CC)CCCCCCCCCC(OCC)(OCC)OCC)(OCC)OCC. The van der Waals surface area contributed by atoms with Gasteiger partial charge >= 0.3 is 0 Å². The second-order valence-corrected chi connectivity index (χ2v) is 18.8. The topological polar surface area (TPSA) is 55.4 Å². The Hall–Kier alpha value is 1.16. The Kier molecular flexibility index (Phi) is 36.1. The Balaban J connectivity index is 3.90. The van der Waals surface area contributed by atoms with Crippen molar-refractivity contribution in [2.45, 2.75) is 206 Å². The molecule has 2 atom stereocenters. The third-order valence-corrected chi connectivity index (χ3v) is 16.1. The number of unbranched alkanes of at least 4 members (excludes halogenated alkanes) is 12. The van der Waals surface area contributed by atoms with Gasteiger partial charge in [0, 0.05) is 63.0 Å². The van der Waals surface area contributed by atoms with Crippen LogP contribution in [0, 0.1) is 0 Å². The van der Waals surface area contributed by atoms with Gasteiger partial charge in [-0.2, -0.15) is 0 Å². The van der Waals surface area contributed by atoms with Crippen LogP contribution in [0.5, 0.6) is 0 Å².